The molecule has 4 heterocycles. The Balaban J connectivity index is 0.889. The summed E-state index contributed by atoms with van der Waals surface area (Å²) in [6.07, 6.45) is 0. The van der Waals surface area contributed by atoms with Gasteiger partial charge in [-0.15, -0.1) is 0 Å². The minimum absolute atomic E-state index is 0.848. The summed E-state index contributed by atoms with van der Waals surface area (Å²) in [7, 11) is 0. The summed E-state index contributed by atoms with van der Waals surface area (Å²) in [5, 5.41) is 14.5. The number of para-hydroxylation sites is 6. The van der Waals surface area contributed by atoms with Gasteiger partial charge in [0.25, 0.3) is 0 Å². The molecule has 0 saturated heterocycles. The molecule has 0 saturated carbocycles. The van der Waals surface area contributed by atoms with E-state index in [4.69, 9.17) is 9.97 Å². The van der Waals surface area contributed by atoms with E-state index in [1.807, 2.05) is 12.1 Å². The van der Waals surface area contributed by atoms with Crippen LogP contribution in [0.15, 0.2) is 249 Å². The molecule has 16 rings (SSSR count). The highest BCUT2D eigenvalue weighted by Gasteiger charge is 2.22. The fourth-order valence-corrected chi connectivity index (χ4v) is 12.1. The number of nitrogens with zero attached hydrogens (tertiary/aromatic N) is 5. The summed E-state index contributed by atoms with van der Waals surface area (Å²) >= 11 is 0. The average molecular weight is 928 g/mol. The first kappa shape index (κ1) is 39.9. The van der Waals surface area contributed by atoms with Gasteiger partial charge in [-0.2, -0.15) is 0 Å². The SMILES string of the molecule is c1ccc(-n2c3ccccc3c3ccc(-c4nc5ccccc5nc4-c4ccc(-n5c6ccccc6c6cc7cc(-n8c9ccccc9c9cc%10ccccc%10cc98)ccc7cc65)c5ccccc45)cc32)cc1. The Morgan fingerprint density at radius 3 is 1.45 bits per heavy atom. The van der Waals surface area contributed by atoms with Crippen molar-refractivity contribution < 1.29 is 0 Å². The topological polar surface area (TPSA) is 40.6 Å². The van der Waals surface area contributed by atoms with Crippen LogP contribution in [0, 0.1) is 0 Å². The monoisotopic (exact) mass is 927 g/mol. The van der Waals surface area contributed by atoms with Crippen molar-refractivity contribution in [3.05, 3.63) is 249 Å². The number of fused-ring (bicyclic) bond motifs is 13. The third-order valence-corrected chi connectivity index (χ3v) is 15.3. The molecule has 338 valence electrons. The summed E-state index contributed by atoms with van der Waals surface area (Å²) < 4.78 is 7.27. The molecular weight excluding hydrogens is 887 g/mol. The van der Waals surface area contributed by atoms with Crippen molar-refractivity contribution in [2.75, 3.05) is 0 Å². The van der Waals surface area contributed by atoms with Crippen molar-refractivity contribution in [3.63, 3.8) is 0 Å². The molecule has 0 N–H and O–H groups in total. The lowest BCUT2D eigenvalue weighted by molar-refractivity contribution is 1.18. The molecule has 0 aliphatic carbocycles. The van der Waals surface area contributed by atoms with Crippen LogP contribution in [0.4, 0.5) is 0 Å². The zero-order valence-electron chi connectivity index (χ0n) is 39.4. The van der Waals surface area contributed by atoms with Gasteiger partial charge >= 0.3 is 0 Å². The molecule has 16 aromatic rings. The maximum atomic E-state index is 5.50. The normalized spacial score (nSPS) is 12.1. The first-order valence-corrected chi connectivity index (χ1v) is 25.0. The number of aromatic nitrogens is 5. The van der Waals surface area contributed by atoms with Crippen LogP contribution in [-0.2, 0) is 0 Å². The highest BCUT2D eigenvalue weighted by atomic mass is 15.0. The van der Waals surface area contributed by atoms with Gasteiger partial charge in [-0.1, -0.05) is 152 Å². The summed E-state index contributed by atoms with van der Waals surface area (Å²) in [5.74, 6) is 0. The molecule has 0 amide bonds. The van der Waals surface area contributed by atoms with Crippen molar-refractivity contribution in [1.29, 1.82) is 0 Å². The Labute approximate surface area is 418 Å². The van der Waals surface area contributed by atoms with Gasteiger partial charge in [0, 0.05) is 60.2 Å². The Bertz CT molecular complexity index is 4980. The number of hydrogen-bond donors (Lipinski definition) is 0. The minimum atomic E-state index is 0.848. The van der Waals surface area contributed by atoms with Gasteiger partial charge in [0.15, 0.2) is 0 Å². The van der Waals surface area contributed by atoms with Crippen molar-refractivity contribution in [1.82, 2.24) is 23.7 Å². The van der Waals surface area contributed by atoms with E-state index in [0.29, 0.717) is 0 Å². The Morgan fingerprint density at radius 1 is 0.247 bits per heavy atom. The van der Waals surface area contributed by atoms with Crippen LogP contribution in [0.25, 0.3) is 148 Å². The first-order valence-electron chi connectivity index (χ1n) is 25.0. The van der Waals surface area contributed by atoms with Crippen LogP contribution in [0.1, 0.15) is 0 Å². The van der Waals surface area contributed by atoms with Crippen molar-refractivity contribution in [2.24, 2.45) is 0 Å². The highest BCUT2D eigenvalue weighted by molar-refractivity contribution is 6.17. The summed E-state index contributed by atoms with van der Waals surface area (Å²) in [5.41, 5.74) is 15.9. The molecule has 0 atom stereocenters. The van der Waals surface area contributed by atoms with Crippen LogP contribution in [0.3, 0.4) is 0 Å². The quantitative estimate of drug-likeness (QED) is 0.173. The molecule has 0 aliphatic heterocycles. The standard InChI is InChI=1S/C68H41N5/c1-2-18-47(19-3-1)71-60-27-13-8-22-51(60)54-33-31-45(41-64(54)71)67-68(70-59-26-12-11-25-58(59)69-67)55-34-35-63(50-21-7-6-20-49(50)55)73-62-29-15-10-24-53(62)57-38-46-36-48(32-30-44(46)40-66(57)73)72-61-28-14-9-23-52(61)56-37-42-16-4-5-17-43(42)39-65(56)72/h1-41H. The molecular formula is C68H41N5. The van der Waals surface area contributed by atoms with Crippen LogP contribution in [0.2, 0.25) is 0 Å². The number of benzene rings is 12. The van der Waals surface area contributed by atoms with Crippen LogP contribution >= 0.6 is 0 Å². The van der Waals surface area contributed by atoms with Gasteiger partial charge in [-0.3, -0.25) is 0 Å². The second-order valence-electron chi connectivity index (χ2n) is 19.3. The molecule has 0 fully saturated rings. The van der Waals surface area contributed by atoms with Crippen molar-refractivity contribution in [2.45, 2.75) is 0 Å². The summed E-state index contributed by atoms with van der Waals surface area (Å²) in [6.45, 7) is 0. The fourth-order valence-electron chi connectivity index (χ4n) is 12.1. The summed E-state index contributed by atoms with van der Waals surface area (Å²) in [4.78, 5) is 11.0. The van der Waals surface area contributed by atoms with Gasteiger partial charge < -0.3 is 13.7 Å². The smallest absolute Gasteiger partial charge is 0.0979 e. The molecule has 12 aromatic carbocycles. The zero-order chi connectivity index (χ0) is 47.7. The van der Waals surface area contributed by atoms with Crippen LogP contribution in [-0.4, -0.2) is 23.7 Å². The fraction of sp³-hybridized carbons (Fsp3) is 0. The maximum absolute atomic E-state index is 5.50. The molecule has 5 nitrogen and oxygen atoms in total. The Hall–Kier alpha value is -9.84. The third-order valence-electron chi connectivity index (χ3n) is 15.3. The van der Waals surface area contributed by atoms with Crippen LogP contribution < -0.4 is 0 Å². The van der Waals surface area contributed by atoms with Crippen molar-refractivity contribution >= 4 is 109 Å². The number of hydrogen-bond acceptors (Lipinski definition) is 2. The second kappa shape index (κ2) is 15.3. The van der Waals surface area contributed by atoms with Crippen LogP contribution in [0.5, 0.6) is 0 Å². The minimum Gasteiger partial charge on any atom is -0.309 e. The molecule has 0 aliphatic rings. The lowest BCUT2D eigenvalue weighted by Gasteiger charge is -2.17. The second-order valence-corrected chi connectivity index (χ2v) is 19.3. The Morgan fingerprint density at radius 2 is 0.740 bits per heavy atom. The molecule has 0 unspecified atom stereocenters. The van der Waals surface area contributed by atoms with E-state index in [-0.39, 0.29) is 0 Å². The van der Waals surface area contributed by atoms with Gasteiger partial charge in [0.1, 0.15) is 0 Å². The first-order chi connectivity index (χ1) is 36.2. The maximum Gasteiger partial charge on any atom is 0.0979 e. The van der Waals surface area contributed by atoms with Gasteiger partial charge in [0.05, 0.1) is 61.2 Å². The predicted octanol–water partition coefficient (Wildman–Crippen LogP) is 17.7. The lowest BCUT2D eigenvalue weighted by atomic mass is 9.96. The van der Waals surface area contributed by atoms with E-state index in [9.17, 15) is 0 Å². The zero-order valence-corrected chi connectivity index (χ0v) is 39.4. The van der Waals surface area contributed by atoms with Gasteiger partial charge in [-0.25, -0.2) is 9.97 Å². The van der Waals surface area contributed by atoms with E-state index >= 15 is 0 Å². The molecule has 4 aromatic heterocycles. The highest BCUT2D eigenvalue weighted by Crippen LogP contribution is 2.43. The molecule has 73 heavy (non-hydrogen) atoms. The largest absolute Gasteiger partial charge is 0.309 e. The molecule has 0 spiro atoms. The molecule has 0 radical (unpaired) electrons. The number of rotatable bonds is 5. The molecule has 5 heteroatoms. The van der Waals surface area contributed by atoms with E-state index in [1.165, 1.54) is 70.4 Å². The van der Waals surface area contributed by atoms with E-state index in [0.717, 1.165) is 77.9 Å². The third kappa shape index (κ3) is 5.91. The van der Waals surface area contributed by atoms with E-state index in [1.54, 1.807) is 0 Å². The van der Waals surface area contributed by atoms with Gasteiger partial charge in [0.2, 0.25) is 0 Å². The summed E-state index contributed by atoms with van der Waals surface area (Å²) in [6, 6.07) is 90.4. The van der Waals surface area contributed by atoms with E-state index in [2.05, 4.69) is 250 Å². The average Bonchev–Trinajstić information content (AvgIpc) is 4.08. The molecule has 0 bridgehead atoms. The Kier molecular flexibility index (Phi) is 8.39. The predicted molar refractivity (Wildman–Crippen MR) is 306 cm³/mol. The van der Waals surface area contributed by atoms with Crippen molar-refractivity contribution in [3.8, 4) is 39.6 Å². The van der Waals surface area contributed by atoms with Gasteiger partial charge in [-0.05, 0) is 124 Å². The van der Waals surface area contributed by atoms with E-state index < -0.39 is 0 Å². The lowest BCUT2D eigenvalue weighted by Crippen LogP contribution is -1.99.